The van der Waals surface area contributed by atoms with Crippen molar-refractivity contribution in [1.29, 1.82) is 0 Å². The molecule has 0 unspecified atom stereocenters. The first-order chi connectivity index (χ1) is 17.0. The summed E-state index contributed by atoms with van der Waals surface area (Å²) in [7, 11) is 0. The summed E-state index contributed by atoms with van der Waals surface area (Å²) in [6, 6.07) is 31.8. The van der Waals surface area contributed by atoms with Gasteiger partial charge in [0.1, 0.15) is 10.8 Å². The highest BCUT2D eigenvalue weighted by Gasteiger charge is 2.12. The predicted molar refractivity (Wildman–Crippen MR) is 141 cm³/mol. The third-order valence-corrected chi connectivity index (χ3v) is 6.97. The molecular weight excluding hydrogens is 454 g/mol. The van der Waals surface area contributed by atoms with E-state index < -0.39 is 5.97 Å². The summed E-state index contributed by atoms with van der Waals surface area (Å²) >= 11 is 1.55. The number of rotatable bonds is 8. The Hall–Kier alpha value is -4.09. The van der Waals surface area contributed by atoms with Gasteiger partial charge in [0.15, 0.2) is 0 Å². The van der Waals surface area contributed by atoms with Gasteiger partial charge in [0.2, 0.25) is 0 Å². The van der Waals surface area contributed by atoms with Crippen molar-refractivity contribution in [3.8, 4) is 22.3 Å². The summed E-state index contributed by atoms with van der Waals surface area (Å²) in [6.07, 6.45) is 1.17. The van der Waals surface area contributed by atoms with E-state index in [-0.39, 0.29) is 17.8 Å². The molecule has 0 aliphatic carbocycles. The van der Waals surface area contributed by atoms with Gasteiger partial charge in [-0.05, 0) is 64.6 Å². The van der Waals surface area contributed by atoms with Crippen molar-refractivity contribution < 1.29 is 14.7 Å². The second-order valence-electron chi connectivity index (χ2n) is 8.46. The Kier molecular flexibility index (Phi) is 6.51. The number of nitrogens with zero attached hydrogens (tertiary/aromatic N) is 1. The van der Waals surface area contributed by atoms with Crippen molar-refractivity contribution in [3.05, 3.63) is 113 Å². The van der Waals surface area contributed by atoms with E-state index in [0.29, 0.717) is 12.8 Å². The topological polar surface area (TPSA) is 67.3 Å². The van der Waals surface area contributed by atoms with Crippen LogP contribution in [0.25, 0.3) is 32.5 Å². The van der Waals surface area contributed by atoms with Crippen molar-refractivity contribution >= 4 is 33.3 Å². The lowest BCUT2D eigenvalue weighted by molar-refractivity contribution is -0.118. The fourth-order valence-electron chi connectivity index (χ4n) is 4.14. The first-order valence-corrected chi connectivity index (χ1v) is 12.3. The lowest BCUT2D eigenvalue weighted by atomic mass is 9.99. The molecular formula is C30H23NO3S. The number of thiazole rings is 1. The van der Waals surface area contributed by atoms with Gasteiger partial charge in [0.05, 0.1) is 22.2 Å². The van der Waals surface area contributed by atoms with Crippen LogP contribution in [0.15, 0.2) is 97.1 Å². The molecule has 5 heteroatoms. The second kappa shape index (κ2) is 10.0. The van der Waals surface area contributed by atoms with E-state index in [1.54, 1.807) is 29.5 Å². The monoisotopic (exact) mass is 477 g/mol. The molecule has 0 aliphatic heterocycles. The van der Waals surface area contributed by atoms with Crippen LogP contribution in [0, 0.1) is 0 Å². The molecule has 0 bridgehead atoms. The molecule has 0 amide bonds. The Morgan fingerprint density at radius 2 is 1.46 bits per heavy atom. The quantitative estimate of drug-likeness (QED) is 0.259. The minimum Gasteiger partial charge on any atom is -0.478 e. The number of hydrogen-bond donors (Lipinski definition) is 1. The van der Waals surface area contributed by atoms with Gasteiger partial charge >= 0.3 is 5.97 Å². The number of aromatic carboxylic acids is 1. The molecule has 4 nitrogen and oxygen atoms in total. The molecule has 1 heterocycles. The predicted octanol–water partition coefficient (Wildman–Crippen LogP) is 7.07. The Bertz CT molecular complexity index is 1520. The SMILES string of the molecule is O=C(CCc1cccc(C(=O)O)c1)Cc1nc2ccc(-c3cccc(-c4ccccc4)c3)cc2s1. The number of aryl methyl sites for hydroxylation is 1. The second-order valence-corrected chi connectivity index (χ2v) is 9.57. The van der Waals surface area contributed by atoms with Crippen LogP contribution in [0.2, 0.25) is 0 Å². The summed E-state index contributed by atoms with van der Waals surface area (Å²) in [5.41, 5.74) is 6.61. The van der Waals surface area contributed by atoms with Crippen LogP contribution in [0.4, 0.5) is 0 Å². The number of carboxylic acid groups (broad SMARTS) is 1. The first kappa shape index (κ1) is 22.7. The highest BCUT2D eigenvalue weighted by Crippen LogP contribution is 2.31. The van der Waals surface area contributed by atoms with Crippen LogP contribution >= 0.6 is 11.3 Å². The summed E-state index contributed by atoms with van der Waals surface area (Å²) in [6.45, 7) is 0. The maximum atomic E-state index is 12.6. The zero-order valence-electron chi connectivity index (χ0n) is 19.0. The van der Waals surface area contributed by atoms with Crippen LogP contribution < -0.4 is 0 Å². The maximum Gasteiger partial charge on any atom is 0.335 e. The molecule has 0 fully saturated rings. The lowest BCUT2D eigenvalue weighted by Gasteiger charge is -2.06. The van der Waals surface area contributed by atoms with Crippen LogP contribution in [0.3, 0.4) is 0 Å². The van der Waals surface area contributed by atoms with Gasteiger partial charge in [-0.3, -0.25) is 4.79 Å². The minimum absolute atomic E-state index is 0.0977. The average molecular weight is 478 g/mol. The summed E-state index contributed by atoms with van der Waals surface area (Å²) < 4.78 is 1.06. The number of carbonyl (C=O) groups excluding carboxylic acids is 1. The van der Waals surface area contributed by atoms with Crippen molar-refractivity contribution in [3.63, 3.8) is 0 Å². The average Bonchev–Trinajstić information content (AvgIpc) is 3.29. The van der Waals surface area contributed by atoms with Crippen LogP contribution in [-0.4, -0.2) is 21.8 Å². The highest BCUT2D eigenvalue weighted by atomic mass is 32.1. The molecule has 4 aromatic carbocycles. The summed E-state index contributed by atoms with van der Waals surface area (Å²) in [5.74, 6) is -0.862. The van der Waals surface area contributed by atoms with Crippen molar-refractivity contribution in [2.75, 3.05) is 0 Å². The van der Waals surface area contributed by atoms with E-state index in [0.717, 1.165) is 31.9 Å². The lowest BCUT2D eigenvalue weighted by Crippen LogP contribution is -2.05. The van der Waals surface area contributed by atoms with Gasteiger partial charge in [-0.25, -0.2) is 9.78 Å². The number of fused-ring (bicyclic) bond motifs is 1. The van der Waals surface area contributed by atoms with Gasteiger partial charge in [-0.2, -0.15) is 0 Å². The summed E-state index contributed by atoms with van der Waals surface area (Å²) in [4.78, 5) is 28.4. The smallest absolute Gasteiger partial charge is 0.335 e. The molecule has 0 saturated heterocycles. The van der Waals surface area contributed by atoms with Gasteiger partial charge in [-0.1, -0.05) is 66.7 Å². The van der Waals surface area contributed by atoms with E-state index in [4.69, 9.17) is 5.11 Å². The van der Waals surface area contributed by atoms with Crippen molar-refractivity contribution in [2.24, 2.45) is 0 Å². The summed E-state index contributed by atoms with van der Waals surface area (Å²) in [5, 5.41) is 9.94. The molecule has 5 rings (SSSR count). The Labute approximate surface area is 207 Å². The number of carbonyl (C=O) groups is 2. The molecule has 0 radical (unpaired) electrons. The molecule has 1 N–H and O–H groups in total. The van der Waals surface area contributed by atoms with E-state index in [1.165, 1.54) is 11.1 Å². The van der Waals surface area contributed by atoms with Gasteiger partial charge in [0.25, 0.3) is 0 Å². The Morgan fingerprint density at radius 3 is 2.26 bits per heavy atom. The molecule has 0 atom stereocenters. The number of Topliss-reactive ketones (excluding diaryl/α,β-unsaturated/α-hetero) is 1. The molecule has 0 spiro atoms. The fraction of sp³-hybridized carbons (Fsp3) is 0.100. The molecule has 172 valence electrons. The largest absolute Gasteiger partial charge is 0.478 e. The number of benzene rings is 4. The molecule has 35 heavy (non-hydrogen) atoms. The fourth-order valence-corrected chi connectivity index (χ4v) is 5.17. The van der Waals surface area contributed by atoms with E-state index >= 15 is 0 Å². The zero-order valence-corrected chi connectivity index (χ0v) is 19.8. The number of ketones is 1. The zero-order chi connectivity index (χ0) is 24.2. The third-order valence-electron chi connectivity index (χ3n) is 5.95. The Balaban J connectivity index is 1.29. The van der Waals surface area contributed by atoms with E-state index in [1.807, 2.05) is 30.3 Å². The van der Waals surface area contributed by atoms with Crippen molar-refractivity contribution in [2.45, 2.75) is 19.3 Å². The van der Waals surface area contributed by atoms with Crippen LogP contribution in [0.1, 0.15) is 27.3 Å². The normalized spacial score (nSPS) is 11.0. The van der Waals surface area contributed by atoms with Gasteiger partial charge in [-0.15, -0.1) is 11.3 Å². The highest BCUT2D eigenvalue weighted by molar-refractivity contribution is 7.18. The Morgan fingerprint density at radius 1 is 0.743 bits per heavy atom. The molecule has 0 saturated carbocycles. The van der Waals surface area contributed by atoms with Gasteiger partial charge in [0, 0.05) is 6.42 Å². The number of carboxylic acids is 1. The number of hydrogen-bond acceptors (Lipinski definition) is 4. The standard InChI is InChI=1S/C30H23NO3S/c32-26(14-12-20-6-4-11-25(16-20)30(33)34)19-29-31-27-15-13-24(18-28(27)35-29)23-10-5-9-22(17-23)21-7-2-1-3-8-21/h1-11,13,15-18H,12,14,19H2,(H,33,34). The van der Waals surface area contributed by atoms with Crippen LogP contribution in [-0.2, 0) is 17.6 Å². The third kappa shape index (κ3) is 5.36. The van der Waals surface area contributed by atoms with Gasteiger partial charge < -0.3 is 5.11 Å². The van der Waals surface area contributed by atoms with E-state index in [9.17, 15) is 9.59 Å². The minimum atomic E-state index is -0.959. The van der Waals surface area contributed by atoms with Crippen molar-refractivity contribution in [1.82, 2.24) is 4.98 Å². The molecule has 5 aromatic rings. The first-order valence-electron chi connectivity index (χ1n) is 11.4. The molecule has 1 aromatic heterocycles. The maximum absolute atomic E-state index is 12.6. The number of aromatic nitrogens is 1. The van der Waals surface area contributed by atoms with Crippen LogP contribution in [0.5, 0.6) is 0 Å². The molecule has 0 aliphatic rings. The van der Waals surface area contributed by atoms with E-state index in [2.05, 4.69) is 53.5 Å².